The summed E-state index contributed by atoms with van der Waals surface area (Å²) < 4.78 is 14.7. The van der Waals surface area contributed by atoms with Crippen molar-refractivity contribution < 1.29 is 19.1 Å². The molecule has 0 N–H and O–H groups in total. The summed E-state index contributed by atoms with van der Waals surface area (Å²) in [5.41, 5.74) is 4.57. The minimum atomic E-state index is -0.512. The van der Waals surface area contributed by atoms with E-state index in [1.165, 1.54) is 25.7 Å². The summed E-state index contributed by atoms with van der Waals surface area (Å²) in [6.45, 7) is 12.8. The van der Waals surface area contributed by atoms with Crippen LogP contribution in [0.1, 0.15) is 160 Å². The van der Waals surface area contributed by atoms with E-state index in [1.807, 2.05) is 75.4 Å². The number of carbonyl (C=O) groups is 2. The molecule has 2 atom stereocenters. The van der Waals surface area contributed by atoms with Crippen molar-refractivity contribution in [1.29, 1.82) is 0 Å². The number of aromatic nitrogens is 6. The van der Waals surface area contributed by atoms with Gasteiger partial charge < -0.3 is 9.47 Å². The Hall–Kier alpha value is -3.93. The zero-order chi connectivity index (χ0) is 36.1. The van der Waals surface area contributed by atoms with Gasteiger partial charge in [-0.05, 0) is 118 Å². The first kappa shape index (κ1) is 37.8. The Morgan fingerprint density at radius 2 is 1.17 bits per heavy atom. The van der Waals surface area contributed by atoms with Crippen molar-refractivity contribution in [2.75, 3.05) is 13.1 Å². The van der Waals surface area contributed by atoms with E-state index < -0.39 is 11.2 Å². The Morgan fingerprint density at radius 3 is 1.71 bits per heavy atom. The number of rotatable bonds is 4. The Balaban J connectivity index is 0.000000175. The molecule has 0 aromatic carbocycles. The van der Waals surface area contributed by atoms with Gasteiger partial charge in [0.2, 0.25) is 0 Å². The maximum Gasteiger partial charge on any atom is 0.410 e. The van der Waals surface area contributed by atoms with Gasteiger partial charge in [0.15, 0.2) is 11.3 Å². The molecule has 0 spiro atoms. The van der Waals surface area contributed by atoms with Crippen LogP contribution < -0.4 is 0 Å². The summed E-state index contributed by atoms with van der Waals surface area (Å²) in [4.78, 5) is 38.4. The van der Waals surface area contributed by atoms with E-state index in [2.05, 4.69) is 11.2 Å². The third-order valence-electron chi connectivity index (χ3n) is 9.72. The van der Waals surface area contributed by atoms with Gasteiger partial charge in [-0.3, -0.25) is 9.80 Å². The molecule has 4 fully saturated rings. The monoisotopic (exact) mass is 734 g/mol. The summed E-state index contributed by atoms with van der Waals surface area (Å²) in [6.07, 6.45) is 12.2. The van der Waals surface area contributed by atoms with Gasteiger partial charge in [0.25, 0.3) is 0 Å². The molecule has 0 unspecified atom stereocenters. The number of fused-ring (bicyclic) bond motifs is 2. The molecule has 4 aromatic rings. The molecule has 0 radical (unpaired) electrons. The van der Waals surface area contributed by atoms with Gasteiger partial charge in [-0.2, -0.15) is 10.2 Å². The molecule has 2 saturated carbocycles. The minimum absolute atomic E-state index is 0. The third-order valence-corrected chi connectivity index (χ3v) is 9.99. The van der Waals surface area contributed by atoms with E-state index in [4.69, 9.17) is 36.1 Å². The highest BCUT2D eigenvalue weighted by molar-refractivity contribution is 6.29. The number of hydrogen-bond donors (Lipinski definition) is 0. The zero-order valence-electron chi connectivity index (χ0n) is 30.8. The van der Waals surface area contributed by atoms with Crippen molar-refractivity contribution in [3.05, 3.63) is 58.4 Å². The molecule has 6 heterocycles. The van der Waals surface area contributed by atoms with Crippen molar-refractivity contribution in [2.24, 2.45) is 0 Å². The first-order chi connectivity index (χ1) is 24.2. The van der Waals surface area contributed by atoms with Crippen LogP contribution in [-0.2, 0) is 9.47 Å². The standard InChI is InChI=1S/C19H25ClN4O2.C19H26N4O2.CH4/c1-19(2,3)26-18(25)23-9-5-4-6-15(23)14-11-17-21-13(12-7-8-12)10-16(20)24(17)22-14;1-19(2,3)25-18(24)22-10-5-4-6-16(22)15-12-17-20-14(13-7-8-13)9-11-23(17)21-15;/h10-12,15H,4-9H2,1-3H3;9,11-13,16H,4-8,10H2,1-3H3;1H4/t15-;16-;/m00./s1. The molecular formula is C39H55ClN8O4. The summed E-state index contributed by atoms with van der Waals surface area (Å²) in [6, 6.07) is 7.84. The van der Waals surface area contributed by atoms with Crippen LogP contribution in [0.4, 0.5) is 9.59 Å². The average molecular weight is 735 g/mol. The number of piperidine rings is 2. The van der Waals surface area contributed by atoms with Gasteiger partial charge in [0.05, 0.1) is 23.5 Å². The summed E-state index contributed by atoms with van der Waals surface area (Å²) in [7, 11) is 0. The molecular weight excluding hydrogens is 680 g/mol. The van der Waals surface area contributed by atoms with Crippen molar-refractivity contribution in [1.82, 2.24) is 39.0 Å². The van der Waals surface area contributed by atoms with E-state index >= 15 is 0 Å². The van der Waals surface area contributed by atoms with Gasteiger partial charge in [0, 0.05) is 54.6 Å². The zero-order valence-corrected chi connectivity index (χ0v) is 31.5. The molecule has 13 heteroatoms. The Kier molecular flexibility index (Phi) is 10.8. The van der Waals surface area contributed by atoms with Gasteiger partial charge in [-0.25, -0.2) is 28.6 Å². The van der Waals surface area contributed by atoms with E-state index in [-0.39, 0.29) is 31.7 Å². The normalized spacial score (nSPS) is 21.0. The summed E-state index contributed by atoms with van der Waals surface area (Å²) in [5, 5.41) is 9.92. The Bertz CT molecular complexity index is 1900. The molecule has 2 aliphatic heterocycles. The van der Waals surface area contributed by atoms with Crippen molar-refractivity contribution >= 4 is 35.1 Å². The Morgan fingerprint density at radius 1 is 0.673 bits per heavy atom. The lowest BCUT2D eigenvalue weighted by Gasteiger charge is -2.35. The topological polar surface area (TPSA) is 119 Å². The lowest BCUT2D eigenvalue weighted by molar-refractivity contribution is 0.00800. The second-order valence-electron chi connectivity index (χ2n) is 16.5. The van der Waals surface area contributed by atoms with Crippen LogP contribution in [0.5, 0.6) is 0 Å². The smallest absolute Gasteiger partial charge is 0.410 e. The molecule has 4 aliphatic rings. The van der Waals surface area contributed by atoms with Crippen LogP contribution in [0.15, 0.2) is 30.5 Å². The van der Waals surface area contributed by atoms with Crippen molar-refractivity contribution in [3.63, 3.8) is 0 Å². The molecule has 8 rings (SSSR count). The fourth-order valence-electron chi connectivity index (χ4n) is 6.96. The van der Waals surface area contributed by atoms with E-state index in [1.54, 1.807) is 9.42 Å². The number of halogens is 1. The number of hydrogen-bond acceptors (Lipinski definition) is 8. The third kappa shape index (κ3) is 8.81. The molecule has 0 bridgehead atoms. The van der Waals surface area contributed by atoms with E-state index in [0.717, 1.165) is 72.6 Å². The predicted molar refractivity (Wildman–Crippen MR) is 201 cm³/mol. The first-order valence-electron chi connectivity index (χ1n) is 18.6. The van der Waals surface area contributed by atoms with Gasteiger partial charge in [-0.15, -0.1) is 0 Å². The van der Waals surface area contributed by atoms with Gasteiger partial charge in [-0.1, -0.05) is 19.0 Å². The minimum Gasteiger partial charge on any atom is -0.444 e. The highest BCUT2D eigenvalue weighted by atomic mass is 35.5. The predicted octanol–water partition coefficient (Wildman–Crippen LogP) is 9.43. The number of nitrogens with zero attached hydrogens (tertiary/aromatic N) is 8. The molecule has 282 valence electrons. The molecule has 4 aromatic heterocycles. The maximum absolute atomic E-state index is 12.7. The SMILES string of the molecule is C.CC(C)(C)OC(=O)N1CCCC[C@H]1c1cc2nc(C3CC3)cc(Cl)n2n1.CC(C)(C)OC(=O)N1CCCC[C@H]1c1cc2nc(C3CC3)ccn2n1. The largest absolute Gasteiger partial charge is 0.444 e. The Labute approximate surface area is 312 Å². The molecule has 12 nitrogen and oxygen atoms in total. The second kappa shape index (κ2) is 14.8. The van der Waals surface area contributed by atoms with Gasteiger partial charge in [0.1, 0.15) is 16.4 Å². The highest BCUT2D eigenvalue weighted by Gasteiger charge is 2.35. The lowest BCUT2D eigenvalue weighted by atomic mass is 10.00. The lowest BCUT2D eigenvalue weighted by Crippen LogP contribution is -2.42. The number of ether oxygens (including phenoxy) is 2. The van der Waals surface area contributed by atoms with Gasteiger partial charge >= 0.3 is 12.2 Å². The fourth-order valence-corrected chi connectivity index (χ4v) is 7.20. The average Bonchev–Trinajstić information content (AvgIpc) is 4.01. The van der Waals surface area contributed by atoms with Crippen LogP contribution in [0.2, 0.25) is 5.15 Å². The summed E-state index contributed by atoms with van der Waals surface area (Å²) >= 11 is 6.43. The second-order valence-corrected chi connectivity index (χ2v) is 16.9. The summed E-state index contributed by atoms with van der Waals surface area (Å²) in [5.74, 6) is 1.15. The maximum atomic E-state index is 12.7. The number of carbonyl (C=O) groups excluding carboxylic acids is 2. The fraction of sp³-hybridized carbons (Fsp3) is 0.641. The van der Waals surface area contributed by atoms with Crippen LogP contribution >= 0.6 is 11.6 Å². The van der Waals surface area contributed by atoms with Crippen molar-refractivity contribution in [3.8, 4) is 0 Å². The van der Waals surface area contributed by atoms with E-state index in [0.29, 0.717) is 30.1 Å². The number of likely N-dealkylation sites (tertiary alicyclic amines) is 2. The van der Waals surface area contributed by atoms with Crippen molar-refractivity contribution in [2.45, 2.75) is 148 Å². The van der Waals surface area contributed by atoms with Crippen LogP contribution in [0.25, 0.3) is 11.3 Å². The number of amides is 2. The molecule has 2 aliphatic carbocycles. The van der Waals surface area contributed by atoms with Crippen LogP contribution in [0, 0.1) is 0 Å². The van der Waals surface area contributed by atoms with E-state index in [9.17, 15) is 9.59 Å². The first-order valence-corrected chi connectivity index (χ1v) is 19.0. The molecule has 52 heavy (non-hydrogen) atoms. The van der Waals surface area contributed by atoms with Crippen LogP contribution in [0.3, 0.4) is 0 Å². The molecule has 2 saturated heterocycles. The van der Waals surface area contributed by atoms with Crippen LogP contribution in [-0.4, -0.2) is 75.5 Å². The quantitative estimate of drug-likeness (QED) is 0.190. The molecule has 2 amide bonds. The highest BCUT2D eigenvalue weighted by Crippen LogP contribution is 2.41.